The van der Waals surface area contributed by atoms with E-state index in [-0.39, 0.29) is 17.9 Å². The van der Waals surface area contributed by atoms with E-state index in [1.54, 1.807) is 0 Å². The molecule has 0 aromatic heterocycles. The highest BCUT2D eigenvalue weighted by atomic mass is 16.6. The predicted octanol–water partition coefficient (Wildman–Crippen LogP) is 3.77. The summed E-state index contributed by atoms with van der Waals surface area (Å²) in [6.45, 7) is 3.71. The number of ether oxygens (including phenoxy) is 1. The predicted molar refractivity (Wildman–Crippen MR) is 71.0 cm³/mol. The van der Waals surface area contributed by atoms with Crippen LogP contribution in [0.15, 0.2) is 12.7 Å². The molecule has 1 saturated heterocycles. The Bertz CT molecular complexity index is 283. The van der Waals surface area contributed by atoms with Gasteiger partial charge in [-0.1, -0.05) is 44.6 Å². The summed E-state index contributed by atoms with van der Waals surface area (Å²) in [5, 5.41) is 0. The van der Waals surface area contributed by atoms with Crippen LogP contribution in [0.1, 0.15) is 64.2 Å². The van der Waals surface area contributed by atoms with Crippen molar-refractivity contribution in [1.29, 1.82) is 0 Å². The highest BCUT2D eigenvalue weighted by Gasteiger charge is 2.32. The number of carbonyl (C=O) groups is 2. The van der Waals surface area contributed by atoms with Crippen molar-refractivity contribution in [2.24, 2.45) is 5.92 Å². The van der Waals surface area contributed by atoms with Crippen LogP contribution in [0.3, 0.4) is 0 Å². The van der Waals surface area contributed by atoms with Gasteiger partial charge in [0.2, 0.25) is 0 Å². The van der Waals surface area contributed by atoms with Gasteiger partial charge < -0.3 is 4.74 Å². The molecule has 0 bridgehead atoms. The topological polar surface area (TPSA) is 43.4 Å². The third-order valence-corrected chi connectivity index (χ3v) is 3.42. The van der Waals surface area contributed by atoms with E-state index in [2.05, 4.69) is 11.3 Å². The zero-order chi connectivity index (χ0) is 13.2. The molecule has 3 heteroatoms. The van der Waals surface area contributed by atoms with Crippen molar-refractivity contribution in [3.05, 3.63) is 12.7 Å². The van der Waals surface area contributed by atoms with E-state index in [9.17, 15) is 9.59 Å². The fraction of sp³-hybridized carbons (Fsp3) is 0.733. The van der Waals surface area contributed by atoms with E-state index in [0.717, 1.165) is 25.7 Å². The first kappa shape index (κ1) is 14.9. The Balaban J connectivity index is 1.88. The summed E-state index contributed by atoms with van der Waals surface area (Å²) >= 11 is 0. The molecule has 0 spiro atoms. The molecule has 1 fully saturated rings. The molecule has 0 saturated carbocycles. The molecule has 1 aliphatic heterocycles. The molecule has 0 aromatic carbocycles. The van der Waals surface area contributed by atoms with E-state index in [1.807, 2.05) is 6.08 Å². The number of allylic oxidation sites excluding steroid dienone is 1. The van der Waals surface area contributed by atoms with Crippen LogP contribution in [0.5, 0.6) is 0 Å². The van der Waals surface area contributed by atoms with Gasteiger partial charge in [-0.05, 0) is 19.3 Å². The number of hydrogen-bond acceptors (Lipinski definition) is 3. The molecule has 0 radical (unpaired) electrons. The summed E-state index contributed by atoms with van der Waals surface area (Å²) in [7, 11) is 0. The lowest BCUT2D eigenvalue weighted by molar-refractivity contribution is -0.153. The van der Waals surface area contributed by atoms with Gasteiger partial charge in [0.1, 0.15) is 0 Å². The molecular weight excluding hydrogens is 228 g/mol. The quantitative estimate of drug-likeness (QED) is 0.257. The summed E-state index contributed by atoms with van der Waals surface area (Å²) in [6.07, 6.45) is 12.7. The second-order valence-corrected chi connectivity index (χ2v) is 5.04. The monoisotopic (exact) mass is 252 g/mol. The summed E-state index contributed by atoms with van der Waals surface area (Å²) < 4.78 is 4.52. The van der Waals surface area contributed by atoms with Gasteiger partial charge in [0.15, 0.2) is 0 Å². The number of hydrogen-bond donors (Lipinski definition) is 0. The fourth-order valence-electron chi connectivity index (χ4n) is 2.30. The molecule has 0 N–H and O–H groups in total. The first-order valence-electron chi connectivity index (χ1n) is 7.09. The minimum absolute atomic E-state index is 0.162. The molecule has 0 aromatic rings. The normalized spacial score (nSPS) is 19.0. The Morgan fingerprint density at radius 2 is 1.67 bits per heavy atom. The van der Waals surface area contributed by atoms with Crippen LogP contribution >= 0.6 is 0 Å². The molecule has 1 unspecified atom stereocenters. The van der Waals surface area contributed by atoms with Crippen LogP contribution in [-0.4, -0.2) is 11.9 Å². The van der Waals surface area contributed by atoms with Crippen molar-refractivity contribution < 1.29 is 14.3 Å². The summed E-state index contributed by atoms with van der Waals surface area (Å²) in [5.74, 6) is -0.832. The maximum Gasteiger partial charge on any atom is 0.317 e. The van der Waals surface area contributed by atoms with Gasteiger partial charge in [-0.3, -0.25) is 9.59 Å². The Hall–Kier alpha value is -1.12. The summed E-state index contributed by atoms with van der Waals surface area (Å²) in [4.78, 5) is 22.1. The second-order valence-electron chi connectivity index (χ2n) is 5.04. The van der Waals surface area contributed by atoms with E-state index in [0.29, 0.717) is 6.42 Å². The van der Waals surface area contributed by atoms with Gasteiger partial charge in [0.25, 0.3) is 0 Å². The van der Waals surface area contributed by atoms with Crippen molar-refractivity contribution in [3.8, 4) is 0 Å². The van der Waals surface area contributed by atoms with Crippen LogP contribution in [0.2, 0.25) is 0 Å². The summed E-state index contributed by atoms with van der Waals surface area (Å²) in [5.41, 5.74) is 0. The Kier molecular flexibility index (Phi) is 7.38. The van der Waals surface area contributed by atoms with E-state index >= 15 is 0 Å². The lowest BCUT2D eigenvalue weighted by Crippen LogP contribution is -2.06. The minimum Gasteiger partial charge on any atom is -0.393 e. The average Bonchev–Trinajstić information content (AvgIpc) is 2.66. The molecule has 102 valence electrons. The molecule has 1 aliphatic rings. The van der Waals surface area contributed by atoms with Gasteiger partial charge in [-0.2, -0.15) is 0 Å². The third kappa shape index (κ3) is 5.99. The number of esters is 2. The highest BCUT2D eigenvalue weighted by molar-refractivity contribution is 5.94. The Labute approximate surface area is 110 Å². The van der Waals surface area contributed by atoms with Crippen LogP contribution in [0, 0.1) is 5.92 Å². The average molecular weight is 252 g/mol. The molecule has 0 amide bonds. The first-order valence-corrected chi connectivity index (χ1v) is 7.09. The lowest BCUT2D eigenvalue weighted by atomic mass is 9.99. The van der Waals surface area contributed by atoms with Crippen molar-refractivity contribution in [3.63, 3.8) is 0 Å². The van der Waals surface area contributed by atoms with Crippen LogP contribution in [0.4, 0.5) is 0 Å². The minimum atomic E-state index is -0.354. The van der Waals surface area contributed by atoms with Crippen LogP contribution in [0.25, 0.3) is 0 Å². The van der Waals surface area contributed by atoms with Crippen LogP contribution < -0.4 is 0 Å². The largest absolute Gasteiger partial charge is 0.393 e. The fourth-order valence-corrected chi connectivity index (χ4v) is 2.30. The van der Waals surface area contributed by atoms with Crippen molar-refractivity contribution in [2.75, 3.05) is 0 Å². The second kappa shape index (κ2) is 8.90. The summed E-state index contributed by atoms with van der Waals surface area (Å²) in [6, 6.07) is 0. The SMILES string of the molecule is C=CCCCCCCCCCC1CC(=O)OC1=O. The molecule has 1 heterocycles. The number of cyclic esters (lactones) is 2. The van der Waals surface area contributed by atoms with E-state index in [1.165, 1.54) is 32.1 Å². The maximum absolute atomic E-state index is 11.2. The lowest BCUT2D eigenvalue weighted by Gasteiger charge is -2.04. The maximum atomic E-state index is 11.2. The standard InChI is InChI=1S/C15H24O3/c1-2-3-4-5-6-7-8-9-10-11-13-12-14(16)18-15(13)17/h2,13H,1,3-12H2. The molecular formula is C15H24O3. The Morgan fingerprint density at radius 1 is 1.06 bits per heavy atom. The molecule has 1 atom stereocenters. The highest BCUT2D eigenvalue weighted by Crippen LogP contribution is 2.22. The van der Waals surface area contributed by atoms with Crippen LogP contribution in [-0.2, 0) is 14.3 Å². The van der Waals surface area contributed by atoms with Gasteiger partial charge in [-0.25, -0.2) is 0 Å². The van der Waals surface area contributed by atoms with Gasteiger partial charge in [0.05, 0.1) is 12.3 Å². The molecule has 0 aliphatic carbocycles. The number of rotatable bonds is 10. The third-order valence-electron chi connectivity index (χ3n) is 3.42. The smallest absolute Gasteiger partial charge is 0.317 e. The van der Waals surface area contributed by atoms with Crippen molar-refractivity contribution >= 4 is 11.9 Å². The number of unbranched alkanes of at least 4 members (excludes halogenated alkanes) is 7. The first-order chi connectivity index (χ1) is 8.74. The molecule has 1 rings (SSSR count). The molecule has 3 nitrogen and oxygen atoms in total. The van der Waals surface area contributed by atoms with E-state index in [4.69, 9.17) is 0 Å². The Morgan fingerprint density at radius 3 is 2.22 bits per heavy atom. The van der Waals surface area contributed by atoms with Crippen molar-refractivity contribution in [2.45, 2.75) is 64.2 Å². The zero-order valence-corrected chi connectivity index (χ0v) is 11.2. The van der Waals surface area contributed by atoms with Gasteiger partial charge in [-0.15, -0.1) is 6.58 Å². The van der Waals surface area contributed by atoms with Crippen molar-refractivity contribution in [1.82, 2.24) is 0 Å². The number of carbonyl (C=O) groups excluding carboxylic acids is 2. The van der Waals surface area contributed by atoms with E-state index < -0.39 is 0 Å². The zero-order valence-electron chi connectivity index (χ0n) is 11.2. The molecule has 18 heavy (non-hydrogen) atoms. The van der Waals surface area contributed by atoms with Gasteiger partial charge in [0, 0.05) is 0 Å². The van der Waals surface area contributed by atoms with Gasteiger partial charge >= 0.3 is 11.9 Å².